The Morgan fingerprint density at radius 3 is 2.79 bits per heavy atom. The molecular formula is C20H25N5O6S2. The maximum absolute atomic E-state index is 13.0. The van der Waals surface area contributed by atoms with Crippen LogP contribution in [-0.4, -0.2) is 75.6 Å². The molecule has 3 heterocycles. The predicted octanol–water partition coefficient (Wildman–Crippen LogP) is 1.27. The minimum absolute atomic E-state index is 0.0298. The molecular weight excluding hydrogens is 470 g/mol. The molecule has 0 spiro atoms. The van der Waals surface area contributed by atoms with E-state index < -0.39 is 10.0 Å². The summed E-state index contributed by atoms with van der Waals surface area (Å²) in [6.45, 7) is 4.47. The van der Waals surface area contributed by atoms with Gasteiger partial charge in [-0.05, 0) is 25.1 Å². The molecule has 13 heteroatoms. The zero-order valence-corrected chi connectivity index (χ0v) is 19.7. The van der Waals surface area contributed by atoms with Gasteiger partial charge in [0, 0.05) is 31.6 Å². The molecule has 33 heavy (non-hydrogen) atoms. The highest BCUT2D eigenvalue weighted by Gasteiger charge is 2.28. The number of nitrogens with one attached hydrogen (secondary N) is 2. The lowest BCUT2D eigenvalue weighted by atomic mass is 10.2. The van der Waals surface area contributed by atoms with Crippen LogP contribution in [0.3, 0.4) is 0 Å². The number of carbonyl (C=O) groups excluding carboxylic acids is 2. The highest BCUT2D eigenvalue weighted by molar-refractivity contribution is 7.89. The smallest absolute Gasteiger partial charge is 0.323 e. The summed E-state index contributed by atoms with van der Waals surface area (Å²) in [7, 11) is -3.73. The van der Waals surface area contributed by atoms with Crippen LogP contribution in [0.25, 0.3) is 0 Å². The number of hydrogen-bond donors (Lipinski definition) is 2. The van der Waals surface area contributed by atoms with E-state index in [-0.39, 0.29) is 42.0 Å². The van der Waals surface area contributed by atoms with Gasteiger partial charge in [-0.25, -0.2) is 18.2 Å². The molecule has 0 radical (unpaired) electrons. The van der Waals surface area contributed by atoms with Gasteiger partial charge >= 0.3 is 6.03 Å². The van der Waals surface area contributed by atoms with Crippen LogP contribution < -0.4 is 20.3 Å². The summed E-state index contributed by atoms with van der Waals surface area (Å²) in [6.07, 6.45) is -0.0298. The highest BCUT2D eigenvalue weighted by atomic mass is 32.2. The van der Waals surface area contributed by atoms with Crippen molar-refractivity contribution < 1.29 is 27.5 Å². The molecule has 2 aliphatic rings. The van der Waals surface area contributed by atoms with Crippen LogP contribution in [0.5, 0.6) is 5.75 Å². The fourth-order valence-electron chi connectivity index (χ4n) is 3.50. The maximum atomic E-state index is 13.0. The molecule has 2 N–H and O–H groups in total. The summed E-state index contributed by atoms with van der Waals surface area (Å²) < 4.78 is 38.2. The lowest BCUT2D eigenvalue weighted by Crippen LogP contribution is -2.40. The van der Waals surface area contributed by atoms with Gasteiger partial charge in [0.05, 0.1) is 42.5 Å². The van der Waals surface area contributed by atoms with E-state index in [0.29, 0.717) is 49.5 Å². The van der Waals surface area contributed by atoms with E-state index in [1.54, 1.807) is 18.4 Å². The number of hydrogen-bond acceptors (Lipinski definition) is 8. The van der Waals surface area contributed by atoms with E-state index in [9.17, 15) is 18.0 Å². The van der Waals surface area contributed by atoms with Gasteiger partial charge < -0.3 is 20.1 Å². The van der Waals surface area contributed by atoms with E-state index in [1.165, 1.54) is 32.7 Å². The number of ether oxygens (including phenoxy) is 2. The first kappa shape index (κ1) is 23.4. The summed E-state index contributed by atoms with van der Waals surface area (Å²) in [5.74, 6) is -0.000853. The van der Waals surface area contributed by atoms with Gasteiger partial charge in [0.2, 0.25) is 15.9 Å². The van der Waals surface area contributed by atoms with Crippen LogP contribution in [0, 0.1) is 0 Å². The Balaban J connectivity index is 1.50. The maximum Gasteiger partial charge on any atom is 0.323 e. The van der Waals surface area contributed by atoms with Gasteiger partial charge in [-0.15, -0.1) is 11.3 Å². The third-order valence-electron chi connectivity index (χ3n) is 5.10. The second-order valence-corrected chi connectivity index (χ2v) is 10.1. The van der Waals surface area contributed by atoms with E-state index in [2.05, 4.69) is 15.6 Å². The number of nitrogens with zero attached hydrogens (tertiary/aromatic N) is 3. The number of carbonyl (C=O) groups is 2. The summed E-state index contributed by atoms with van der Waals surface area (Å²) >= 11 is 1.29. The molecule has 2 fully saturated rings. The van der Waals surface area contributed by atoms with Crippen LogP contribution in [0.2, 0.25) is 0 Å². The Morgan fingerprint density at radius 2 is 2.09 bits per heavy atom. The van der Waals surface area contributed by atoms with E-state index in [4.69, 9.17) is 9.47 Å². The molecule has 0 atom stereocenters. The minimum Gasteiger partial charge on any atom is -0.492 e. The molecule has 0 saturated carbocycles. The average molecular weight is 496 g/mol. The zero-order valence-electron chi connectivity index (χ0n) is 18.1. The Kier molecular flexibility index (Phi) is 7.12. The lowest BCUT2D eigenvalue weighted by molar-refractivity contribution is -0.115. The number of amides is 3. The van der Waals surface area contributed by atoms with Gasteiger partial charge in [-0.2, -0.15) is 4.31 Å². The van der Waals surface area contributed by atoms with Crippen molar-refractivity contribution in [2.24, 2.45) is 0 Å². The van der Waals surface area contributed by atoms with Crippen LogP contribution in [0.1, 0.15) is 12.6 Å². The monoisotopic (exact) mass is 495 g/mol. The molecule has 2 aliphatic heterocycles. The zero-order chi connectivity index (χ0) is 23.4. The van der Waals surface area contributed by atoms with Crippen molar-refractivity contribution in [1.82, 2.24) is 14.6 Å². The number of thiazole rings is 1. The van der Waals surface area contributed by atoms with Gasteiger partial charge in [0.1, 0.15) is 5.75 Å². The Labute approximate surface area is 195 Å². The second kappa shape index (κ2) is 10.0. The second-order valence-electron chi connectivity index (χ2n) is 7.34. The first-order valence-electron chi connectivity index (χ1n) is 10.5. The molecule has 2 saturated heterocycles. The molecule has 178 valence electrons. The number of morpholine rings is 1. The van der Waals surface area contributed by atoms with Crippen molar-refractivity contribution in [3.05, 3.63) is 29.3 Å². The largest absolute Gasteiger partial charge is 0.492 e. The van der Waals surface area contributed by atoms with E-state index in [1.807, 2.05) is 0 Å². The van der Waals surface area contributed by atoms with Crippen LogP contribution in [-0.2, 0) is 26.0 Å². The third-order valence-corrected chi connectivity index (χ3v) is 7.91. The summed E-state index contributed by atoms with van der Waals surface area (Å²) in [6, 6.07) is 4.22. The van der Waals surface area contributed by atoms with Crippen molar-refractivity contribution in [3.8, 4) is 5.75 Å². The quantitative estimate of drug-likeness (QED) is 0.564. The van der Waals surface area contributed by atoms with E-state index >= 15 is 0 Å². The number of aromatic nitrogens is 1. The topological polar surface area (TPSA) is 130 Å². The van der Waals surface area contributed by atoms with Crippen molar-refractivity contribution in [3.63, 3.8) is 0 Å². The molecule has 11 nitrogen and oxygen atoms in total. The molecule has 1 aromatic carbocycles. The van der Waals surface area contributed by atoms with Crippen molar-refractivity contribution in [2.45, 2.75) is 18.2 Å². The third kappa shape index (κ3) is 5.27. The number of benzene rings is 1. The Hall–Kier alpha value is -2.74. The standard InChI is InChI=1S/C20H25N5O6S2/c1-2-31-17-4-3-15(33(28,29)24-7-9-30-10-8-24)12-16(17)23-18(26)11-14-13-32-20(22-14)25-6-5-21-19(25)27/h3-4,12-13H,2,5-11H2,1H3,(H,21,27)(H,23,26). The van der Waals surface area contributed by atoms with Gasteiger partial charge in [-0.3, -0.25) is 9.69 Å². The lowest BCUT2D eigenvalue weighted by Gasteiger charge is -2.26. The first-order valence-corrected chi connectivity index (χ1v) is 12.8. The molecule has 2 aromatic rings. The molecule has 3 amide bonds. The Bertz CT molecular complexity index is 1130. The fraction of sp³-hybridized carbons (Fsp3) is 0.450. The summed E-state index contributed by atoms with van der Waals surface area (Å²) in [5, 5.41) is 7.71. The summed E-state index contributed by atoms with van der Waals surface area (Å²) in [5.41, 5.74) is 0.785. The van der Waals surface area contributed by atoms with Crippen molar-refractivity contribution in [1.29, 1.82) is 0 Å². The van der Waals surface area contributed by atoms with Gasteiger partial charge in [-0.1, -0.05) is 0 Å². The normalized spacial score (nSPS) is 17.1. The van der Waals surface area contributed by atoms with Crippen molar-refractivity contribution >= 4 is 44.1 Å². The minimum atomic E-state index is -3.73. The van der Waals surface area contributed by atoms with Crippen LogP contribution >= 0.6 is 11.3 Å². The SMILES string of the molecule is CCOc1ccc(S(=O)(=O)N2CCOCC2)cc1NC(=O)Cc1csc(N2CCNC2=O)n1. The van der Waals surface area contributed by atoms with Gasteiger partial charge in [0.15, 0.2) is 5.13 Å². The highest BCUT2D eigenvalue weighted by Crippen LogP contribution is 2.30. The predicted molar refractivity (Wildman–Crippen MR) is 122 cm³/mol. The number of sulfonamides is 1. The summed E-state index contributed by atoms with van der Waals surface area (Å²) in [4.78, 5) is 30.5. The number of urea groups is 1. The molecule has 1 aromatic heterocycles. The number of rotatable bonds is 8. The molecule has 4 rings (SSSR count). The number of anilines is 2. The van der Waals surface area contributed by atoms with Gasteiger partial charge in [0.25, 0.3) is 0 Å². The Morgan fingerprint density at radius 1 is 1.30 bits per heavy atom. The average Bonchev–Trinajstić information content (AvgIpc) is 3.44. The fourth-order valence-corrected chi connectivity index (χ4v) is 5.78. The molecule has 0 unspecified atom stereocenters. The van der Waals surface area contributed by atoms with Crippen LogP contribution in [0.15, 0.2) is 28.5 Å². The van der Waals surface area contributed by atoms with Crippen LogP contribution in [0.4, 0.5) is 15.6 Å². The van der Waals surface area contributed by atoms with E-state index in [0.717, 1.165) is 0 Å². The first-order chi connectivity index (χ1) is 15.9. The molecule has 0 bridgehead atoms. The molecule has 0 aliphatic carbocycles. The van der Waals surface area contributed by atoms with Crippen molar-refractivity contribution in [2.75, 3.05) is 56.2 Å².